The molecule has 0 saturated carbocycles. The highest BCUT2D eigenvalue weighted by Crippen LogP contribution is 2.22. The first kappa shape index (κ1) is 12.1. The maximum atomic E-state index is 9.41. The predicted molar refractivity (Wildman–Crippen MR) is 65.1 cm³/mol. The first-order chi connectivity index (χ1) is 6.98. The Bertz CT molecular complexity index is 305. The first-order valence-corrected chi connectivity index (χ1v) is 5.43. The lowest BCUT2D eigenvalue weighted by atomic mass is 9.89. The molecule has 1 aromatic carbocycles. The Hall–Kier alpha value is -1.02. The van der Waals surface area contributed by atoms with Gasteiger partial charge in [-0.15, -0.1) is 0 Å². The van der Waals surface area contributed by atoms with E-state index in [-0.39, 0.29) is 12.1 Å². The third-order valence-electron chi connectivity index (χ3n) is 3.08. The molecule has 0 fully saturated rings. The van der Waals surface area contributed by atoms with Gasteiger partial charge in [-0.05, 0) is 31.9 Å². The van der Waals surface area contributed by atoms with Crippen molar-refractivity contribution in [3.63, 3.8) is 0 Å². The van der Waals surface area contributed by atoms with Crippen LogP contribution in [-0.2, 0) is 0 Å². The Labute approximate surface area is 92.3 Å². The molecule has 0 saturated heterocycles. The Balaban J connectivity index is 2.79. The summed E-state index contributed by atoms with van der Waals surface area (Å²) in [7, 11) is 0. The second-order valence-electron chi connectivity index (χ2n) is 4.72. The van der Waals surface area contributed by atoms with Crippen LogP contribution in [0.3, 0.4) is 0 Å². The van der Waals surface area contributed by atoms with Gasteiger partial charge >= 0.3 is 0 Å². The van der Waals surface area contributed by atoms with Gasteiger partial charge in [-0.1, -0.05) is 31.5 Å². The standard InChI is InChI=1S/C13H21NO/c1-10(2)13(4,9-15)14-12-7-5-11(3)6-8-12/h5-8,10,14-15H,9H2,1-4H3. The Morgan fingerprint density at radius 2 is 1.80 bits per heavy atom. The van der Waals surface area contributed by atoms with E-state index in [1.54, 1.807) is 0 Å². The van der Waals surface area contributed by atoms with E-state index in [9.17, 15) is 5.11 Å². The van der Waals surface area contributed by atoms with Crippen LogP contribution in [-0.4, -0.2) is 17.3 Å². The molecule has 1 rings (SSSR count). The van der Waals surface area contributed by atoms with Gasteiger partial charge in [-0.2, -0.15) is 0 Å². The summed E-state index contributed by atoms with van der Waals surface area (Å²) in [6.45, 7) is 8.46. The van der Waals surface area contributed by atoms with Gasteiger partial charge in [0.1, 0.15) is 0 Å². The van der Waals surface area contributed by atoms with E-state index >= 15 is 0 Å². The molecule has 1 unspecified atom stereocenters. The third kappa shape index (κ3) is 2.96. The lowest BCUT2D eigenvalue weighted by Crippen LogP contribution is -2.43. The minimum atomic E-state index is -0.255. The van der Waals surface area contributed by atoms with Crippen molar-refractivity contribution in [3.8, 4) is 0 Å². The summed E-state index contributed by atoms with van der Waals surface area (Å²) >= 11 is 0. The zero-order chi connectivity index (χ0) is 11.5. The van der Waals surface area contributed by atoms with E-state index in [2.05, 4.69) is 38.2 Å². The van der Waals surface area contributed by atoms with Crippen LogP contribution in [0.4, 0.5) is 5.69 Å². The van der Waals surface area contributed by atoms with Crippen molar-refractivity contribution in [2.45, 2.75) is 33.2 Å². The molecule has 84 valence electrons. The van der Waals surface area contributed by atoms with Crippen LogP contribution >= 0.6 is 0 Å². The van der Waals surface area contributed by atoms with Gasteiger partial charge in [0.2, 0.25) is 0 Å². The lowest BCUT2D eigenvalue weighted by molar-refractivity contribution is 0.186. The number of aliphatic hydroxyl groups excluding tert-OH is 1. The number of aliphatic hydroxyl groups is 1. The van der Waals surface area contributed by atoms with Crippen LogP contribution in [0.15, 0.2) is 24.3 Å². The Morgan fingerprint density at radius 3 is 2.20 bits per heavy atom. The maximum Gasteiger partial charge on any atom is 0.0661 e. The number of anilines is 1. The summed E-state index contributed by atoms with van der Waals surface area (Å²) in [5.41, 5.74) is 2.05. The fourth-order valence-corrected chi connectivity index (χ4v) is 1.33. The highest BCUT2D eigenvalue weighted by Gasteiger charge is 2.26. The smallest absolute Gasteiger partial charge is 0.0661 e. The fourth-order valence-electron chi connectivity index (χ4n) is 1.33. The average Bonchev–Trinajstić information content (AvgIpc) is 2.21. The predicted octanol–water partition coefficient (Wildman–Crippen LogP) is 2.81. The zero-order valence-corrected chi connectivity index (χ0v) is 10.0. The SMILES string of the molecule is Cc1ccc(NC(C)(CO)C(C)C)cc1. The summed E-state index contributed by atoms with van der Waals surface area (Å²) in [4.78, 5) is 0. The van der Waals surface area contributed by atoms with Gasteiger partial charge in [0, 0.05) is 5.69 Å². The highest BCUT2D eigenvalue weighted by atomic mass is 16.3. The molecule has 0 aliphatic heterocycles. The molecule has 0 aliphatic carbocycles. The minimum absolute atomic E-state index is 0.137. The second kappa shape index (κ2) is 4.67. The largest absolute Gasteiger partial charge is 0.394 e. The molecule has 1 aromatic rings. The number of rotatable bonds is 4. The van der Waals surface area contributed by atoms with Crippen molar-refractivity contribution >= 4 is 5.69 Å². The monoisotopic (exact) mass is 207 g/mol. The lowest BCUT2D eigenvalue weighted by Gasteiger charge is -2.34. The Morgan fingerprint density at radius 1 is 1.27 bits per heavy atom. The molecule has 2 N–H and O–H groups in total. The number of nitrogens with one attached hydrogen (secondary N) is 1. The highest BCUT2D eigenvalue weighted by molar-refractivity contribution is 5.46. The van der Waals surface area contributed by atoms with Crippen molar-refractivity contribution in [2.24, 2.45) is 5.92 Å². The quantitative estimate of drug-likeness (QED) is 0.795. The second-order valence-corrected chi connectivity index (χ2v) is 4.72. The molecule has 0 radical (unpaired) electrons. The summed E-state index contributed by atoms with van der Waals surface area (Å²) < 4.78 is 0. The maximum absolute atomic E-state index is 9.41. The first-order valence-electron chi connectivity index (χ1n) is 5.43. The molecule has 0 spiro atoms. The van der Waals surface area contributed by atoms with Gasteiger partial charge in [0.15, 0.2) is 0 Å². The molecule has 2 nitrogen and oxygen atoms in total. The fraction of sp³-hybridized carbons (Fsp3) is 0.538. The van der Waals surface area contributed by atoms with Gasteiger partial charge in [-0.25, -0.2) is 0 Å². The molecule has 0 amide bonds. The Kier molecular flexibility index (Phi) is 3.75. The molecular formula is C13H21NO. The van der Waals surface area contributed by atoms with Gasteiger partial charge in [0.25, 0.3) is 0 Å². The number of aryl methyl sites for hydroxylation is 1. The van der Waals surface area contributed by atoms with Crippen LogP contribution in [0.2, 0.25) is 0 Å². The molecule has 0 bridgehead atoms. The molecule has 2 heteroatoms. The van der Waals surface area contributed by atoms with E-state index in [0.717, 1.165) is 5.69 Å². The van der Waals surface area contributed by atoms with E-state index in [0.29, 0.717) is 5.92 Å². The normalized spacial score (nSPS) is 15.1. The van der Waals surface area contributed by atoms with Crippen molar-refractivity contribution in [2.75, 3.05) is 11.9 Å². The zero-order valence-electron chi connectivity index (χ0n) is 10.0. The van der Waals surface area contributed by atoms with Crippen LogP contribution in [0.5, 0.6) is 0 Å². The molecule has 0 aromatic heterocycles. The number of hydrogen-bond donors (Lipinski definition) is 2. The van der Waals surface area contributed by atoms with Crippen LogP contribution in [0, 0.1) is 12.8 Å². The number of benzene rings is 1. The van der Waals surface area contributed by atoms with E-state index in [1.165, 1.54) is 5.56 Å². The molecule has 1 atom stereocenters. The van der Waals surface area contributed by atoms with Crippen molar-refractivity contribution in [1.29, 1.82) is 0 Å². The van der Waals surface area contributed by atoms with E-state index < -0.39 is 0 Å². The summed E-state index contributed by atoms with van der Waals surface area (Å²) in [6.07, 6.45) is 0. The average molecular weight is 207 g/mol. The van der Waals surface area contributed by atoms with Crippen LogP contribution in [0.25, 0.3) is 0 Å². The van der Waals surface area contributed by atoms with E-state index in [4.69, 9.17) is 0 Å². The van der Waals surface area contributed by atoms with E-state index in [1.807, 2.05) is 19.1 Å². The summed E-state index contributed by atoms with van der Waals surface area (Å²) in [6, 6.07) is 8.23. The van der Waals surface area contributed by atoms with Crippen LogP contribution in [0.1, 0.15) is 26.3 Å². The van der Waals surface area contributed by atoms with Gasteiger partial charge in [-0.3, -0.25) is 0 Å². The van der Waals surface area contributed by atoms with Gasteiger partial charge in [0.05, 0.1) is 12.1 Å². The topological polar surface area (TPSA) is 32.3 Å². The van der Waals surface area contributed by atoms with Crippen molar-refractivity contribution < 1.29 is 5.11 Å². The third-order valence-corrected chi connectivity index (χ3v) is 3.08. The molecule has 15 heavy (non-hydrogen) atoms. The van der Waals surface area contributed by atoms with Crippen molar-refractivity contribution in [1.82, 2.24) is 0 Å². The van der Waals surface area contributed by atoms with Crippen molar-refractivity contribution in [3.05, 3.63) is 29.8 Å². The molecule has 0 aliphatic rings. The summed E-state index contributed by atoms with van der Waals surface area (Å²) in [5.74, 6) is 0.379. The number of hydrogen-bond acceptors (Lipinski definition) is 2. The molecule has 0 heterocycles. The molecular weight excluding hydrogens is 186 g/mol. The van der Waals surface area contributed by atoms with Crippen LogP contribution < -0.4 is 5.32 Å². The van der Waals surface area contributed by atoms with Gasteiger partial charge < -0.3 is 10.4 Å². The minimum Gasteiger partial charge on any atom is -0.394 e. The summed E-state index contributed by atoms with van der Waals surface area (Å²) in [5, 5.41) is 12.8.